The molecular formula is C13H14N4O2. The van der Waals surface area contributed by atoms with Gasteiger partial charge in [-0.1, -0.05) is 0 Å². The average Bonchev–Trinajstić information content (AvgIpc) is 2.98. The quantitative estimate of drug-likeness (QED) is 0.775. The number of aromatic nitrogens is 3. The molecule has 0 amide bonds. The minimum absolute atomic E-state index is 0.320. The summed E-state index contributed by atoms with van der Waals surface area (Å²) in [5.74, 6) is -0.392. The van der Waals surface area contributed by atoms with E-state index in [1.54, 1.807) is 41.5 Å². The van der Waals surface area contributed by atoms with Crippen molar-refractivity contribution in [2.45, 2.75) is 13.5 Å². The number of nitriles is 1. The highest BCUT2D eigenvalue weighted by Gasteiger charge is 2.17. The van der Waals surface area contributed by atoms with Crippen LogP contribution < -0.4 is 0 Å². The number of carbonyl (C=O) groups is 1. The number of carbonyl (C=O) groups excluding carboxylic acids is 1. The maximum absolute atomic E-state index is 11.8. The van der Waals surface area contributed by atoms with E-state index in [2.05, 4.69) is 11.2 Å². The van der Waals surface area contributed by atoms with Gasteiger partial charge in [-0.05, 0) is 19.1 Å². The Morgan fingerprint density at radius 2 is 2.37 bits per heavy atom. The van der Waals surface area contributed by atoms with E-state index in [4.69, 9.17) is 10.00 Å². The first-order valence-corrected chi connectivity index (χ1v) is 5.90. The van der Waals surface area contributed by atoms with Crippen molar-refractivity contribution in [1.29, 1.82) is 5.26 Å². The standard InChI is InChI=1S/C13H14N4O2/c1-3-19-13(18)11-8-15-16(2)12(11)9-17-6-4-5-10(17)7-14/h4-6,8H,3,9H2,1-2H3. The zero-order valence-corrected chi connectivity index (χ0v) is 10.8. The molecule has 0 aromatic carbocycles. The van der Waals surface area contributed by atoms with E-state index < -0.39 is 5.97 Å². The van der Waals surface area contributed by atoms with Crippen molar-refractivity contribution < 1.29 is 9.53 Å². The van der Waals surface area contributed by atoms with Gasteiger partial charge >= 0.3 is 5.97 Å². The number of nitrogens with zero attached hydrogens (tertiary/aromatic N) is 4. The molecule has 2 rings (SSSR count). The molecule has 0 bridgehead atoms. The molecule has 2 aromatic heterocycles. The average molecular weight is 258 g/mol. The van der Waals surface area contributed by atoms with Crippen molar-refractivity contribution in [3.05, 3.63) is 41.5 Å². The number of rotatable bonds is 4. The van der Waals surface area contributed by atoms with Gasteiger partial charge in [0.05, 0.1) is 25.0 Å². The van der Waals surface area contributed by atoms with Crippen molar-refractivity contribution in [1.82, 2.24) is 14.3 Å². The third-order valence-corrected chi connectivity index (χ3v) is 2.82. The number of esters is 1. The molecule has 0 aliphatic carbocycles. The highest BCUT2D eigenvalue weighted by atomic mass is 16.5. The van der Waals surface area contributed by atoms with Crippen molar-refractivity contribution >= 4 is 5.97 Å². The summed E-state index contributed by atoms with van der Waals surface area (Å²) >= 11 is 0. The molecule has 0 N–H and O–H groups in total. The lowest BCUT2D eigenvalue weighted by molar-refractivity contribution is 0.0524. The van der Waals surface area contributed by atoms with Crippen LogP contribution in [-0.2, 0) is 18.3 Å². The fourth-order valence-electron chi connectivity index (χ4n) is 1.84. The molecule has 0 radical (unpaired) electrons. The molecule has 0 fully saturated rings. The van der Waals surface area contributed by atoms with Crippen LogP contribution in [0.25, 0.3) is 0 Å². The Morgan fingerprint density at radius 3 is 3.05 bits per heavy atom. The highest BCUT2D eigenvalue weighted by molar-refractivity contribution is 5.90. The normalized spacial score (nSPS) is 10.2. The van der Waals surface area contributed by atoms with Gasteiger partial charge in [-0.3, -0.25) is 4.68 Å². The van der Waals surface area contributed by atoms with Gasteiger partial charge in [0, 0.05) is 13.2 Å². The van der Waals surface area contributed by atoms with Gasteiger partial charge in [-0.15, -0.1) is 0 Å². The first kappa shape index (κ1) is 12.9. The van der Waals surface area contributed by atoms with Crippen LogP contribution in [0.1, 0.15) is 28.7 Å². The topological polar surface area (TPSA) is 72.8 Å². The first-order valence-electron chi connectivity index (χ1n) is 5.90. The summed E-state index contributed by atoms with van der Waals surface area (Å²) in [6.45, 7) is 2.48. The largest absolute Gasteiger partial charge is 0.462 e. The summed E-state index contributed by atoms with van der Waals surface area (Å²) in [4.78, 5) is 11.8. The van der Waals surface area contributed by atoms with Gasteiger partial charge < -0.3 is 9.30 Å². The van der Waals surface area contributed by atoms with E-state index >= 15 is 0 Å². The Kier molecular flexibility index (Phi) is 3.66. The predicted octanol–water partition coefficient (Wildman–Crippen LogP) is 1.32. The lowest BCUT2D eigenvalue weighted by Crippen LogP contribution is -2.12. The van der Waals surface area contributed by atoms with E-state index in [0.29, 0.717) is 30.1 Å². The minimum atomic E-state index is -0.392. The fraction of sp³-hybridized carbons (Fsp3) is 0.308. The van der Waals surface area contributed by atoms with Crippen molar-refractivity contribution in [3.8, 4) is 6.07 Å². The first-order chi connectivity index (χ1) is 9.17. The summed E-state index contributed by atoms with van der Waals surface area (Å²) in [6.07, 6.45) is 3.28. The lowest BCUT2D eigenvalue weighted by atomic mass is 10.2. The van der Waals surface area contributed by atoms with Crippen molar-refractivity contribution in [3.63, 3.8) is 0 Å². The van der Waals surface area contributed by atoms with Crippen molar-refractivity contribution in [2.24, 2.45) is 7.05 Å². The molecular weight excluding hydrogens is 244 g/mol. The summed E-state index contributed by atoms with van der Waals surface area (Å²) in [7, 11) is 1.76. The van der Waals surface area contributed by atoms with Gasteiger partial charge in [0.15, 0.2) is 0 Å². The van der Waals surface area contributed by atoms with Gasteiger partial charge in [-0.2, -0.15) is 10.4 Å². The molecule has 2 heterocycles. The molecule has 98 valence electrons. The minimum Gasteiger partial charge on any atom is -0.462 e. The van der Waals surface area contributed by atoms with E-state index in [9.17, 15) is 4.79 Å². The summed E-state index contributed by atoms with van der Waals surface area (Å²) in [5, 5.41) is 13.1. The number of ether oxygens (including phenoxy) is 1. The lowest BCUT2D eigenvalue weighted by Gasteiger charge is -2.08. The Morgan fingerprint density at radius 1 is 1.58 bits per heavy atom. The molecule has 0 aliphatic rings. The molecule has 0 saturated heterocycles. The van der Waals surface area contributed by atoms with Gasteiger partial charge in [0.25, 0.3) is 0 Å². The molecule has 19 heavy (non-hydrogen) atoms. The van der Waals surface area contributed by atoms with Crippen LogP contribution in [0.15, 0.2) is 24.5 Å². The number of aryl methyl sites for hydroxylation is 1. The second kappa shape index (κ2) is 5.40. The SMILES string of the molecule is CCOC(=O)c1cnn(C)c1Cn1cccc1C#N. The molecule has 6 heteroatoms. The van der Waals surface area contributed by atoms with Crippen LogP contribution in [0, 0.1) is 11.3 Å². The van der Waals surface area contributed by atoms with Crippen LogP contribution in [-0.4, -0.2) is 26.9 Å². The van der Waals surface area contributed by atoms with E-state index in [0.717, 1.165) is 0 Å². The predicted molar refractivity (Wildman–Crippen MR) is 67.4 cm³/mol. The van der Waals surface area contributed by atoms with E-state index in [1.165, 1.54) is 6.20 Å². The second-order valence-electron chi connectivity index (χ2n) is 3.98. The molecule has 2 aromatic rings. The van der Waals surface area contributed by atoms with Gasteiger partial charge in [-0.25, -0.2) is 4.79 Å². The summed E-state index contributed by atoms with van der Waals surface area (Å²) in [5.41, 5.74) is 1.68. The van der Waals surface area contributed by atoms with Crippen molar-refractivity contribution in [2.75, 3.05) is 6.61 Å². The Labute approximate surface area is 110 Å². The monoisotopic (exact) mass is 258 g/mol. The summed E-state index contributed by atoms with van der Waals surface area (Å²) in [6, 6.07) is 5.61. The Hall–Kier alpha value is -2.55. The molecule has 0 saturated carbocycles. The molecule has 0 atom stereocenters. The van der Waals surface area contributed by atoms with Gasteiger partial charge in [0.1, 0.15) is 17.3 Å². The van der Waals surface area contributed by atoms with Crippen LogP contribution in [0.5, 0.6) is 0 Å². The third-order valence-electron chi connectivity index (χ3n) is 2.82. The third kappa shape index (κ3) is 2.50. The maximum atomic E-state index is 11.8. The maximum Gasteiger partial charge on any atom is 0.341 e. The number of hydrogen-bond acceptors (Lipinski definition) is 4. The molecule has 0 aliphatic heterocycles. The zero-order chi connectivity index (χ0) is 13.8. The highest BCUT2D eigenvalue weighted by Crippen LogP contribution is 2.13. The molecule has 0 unspecified atom stereocenters. The number of hydrogen-bond donors (Lipinski definition) is 0. The fourth-order valence-corrected chi connectivity index (χ4v) is 1.84. The van der Waals surface area contributed by atoms with Crippen LogP contribution in [0.4, 0.5) is 0 Å². The van der Waals surface area contributed by atoms with E-state index in [-0.39, 0.29) is 0 Å². The van der Waals surface area contributed by atoms with E-state index in [1.807, 2.05) is 0 Å². The van der Waals surface area contributed by atoms with Crippen LogP contribution in [0.2, 0.25) is 0 Å². The zero-order valence-electron chi connectivity index (χ0n) is 10.8. The van der Waals surface area contributed by atoms with Gasteiger partial charge in [0.2, 0.25) is 0 Å². The molecule has 0 spiro atoms. The van der Waals surface area contributed by atoms with Crippen LogP contribution >= 0.6 is 0 Å². The Bertz CT molecular complexity index is 633. The van der Waals surface area contributed by atoms with Crippen LogP contribution in [0.3, 0.4) is 0 Å². The molecule has 6 nitrogen and oxygen atoms in total. The smallest absolute Gasteiger partial charge is 0.341 e. The summed E-state index contributed by atoms with van der Waals surface area (Å²) < 4.78 is 8.37. The Balaban J connectivity index is 2.33. The second-order valence-corrected chi connectivity index (χ2v) is 3.98.